The summed E-state index contributed by atoms with van der Waals surface area (Å²) in [6.07, 6.45) is 0.828. The standard InChI is InChI=1S/C20H28N6O2S/c1-14(2)13-17-23-24-19(29-17)22-18(27)15(3)21-20(28)26-11-9-25(10-12-26)16-7-5-4-6-8-16/h4-8,14-15H,9-13H2,1-3H3,(H,21,28)(H,22,24,27)/t15-/m1/s1. The predicted octanol–water partition coefficient (Wildman–Crippen LogP) is 2.60. The number of urea groups is 1. The summed E-state index contributed by atoms with van der Waals surface area (Å²) in [7, 11) is 0. The molecule has 156 valence electrons. The van der Waals surface area contributed by atoms with E-state index in [0.29, 0.717) is 24.1 Å². The van der Waals surface area contributed by atoms with Crippen molar-refractivity contribution in [2.75, 3.05) is 36.4 Å². The lowest BCUT2D eigenvalue weighted by atomic mass is 10.1. The Morgan fingerprint density at radius 2 is 1.76 bits per heavy atom. The molecule has 1 aliphatic rings. The topological polar surface area (TPSA) is 90.5 Å². The van der Waals surface area contributed by atoms with Crippen molar-refractivity contribution in [3.8, 4) is 0 Å². The zero-order valence-corrected chi connectivity index (χ0v) is 17.9. The van der Waals surface area contributed by atoms with Crippen molar-refractivity contribution in [2.24, 2.45) is 5.92 Å². The van der Waals surface area contributed by atoms with Crippen molar-refractivity contribution in [3.63, 3.8) is 0 Å². The van der Waals surface area contributed by atoms with Gasteiger partial charge in [0.25, 0.3) is 0 Å². The number of aromatic nitrogens is 2. The third kappa shape index (κ3) is 5.90. The molecule has 0 spiro atoms. The van der Waals surface area contributed by atoms with Gasteiger partial charge in [-0.3, -0.25) is 10.1 Å². The highest BCUT2D eigenvalue weighted by Crippen LogP contribution is 2.18. The van der Waals surface area contributed by atoms with Gasteiger partial charge in [0.2, 0.25) is 11.0 Å². The number of piperazine rings is 1. The number of nitrogens with one attached hydrogen (secondary N) is 2. The molecule has 29 heavy (non-hydrogen) atoms. The van der Waals surface area contributed by atoms with Gasteiger partial charge in [-0.1, -0.05) is 43.4 Å². The van der Waals surface area contributed by atoms with Gasteiger partial charge in [-0.25, -0.2) is 4.79 Å². The molecule has 2 aromatic rings. The first-order chi connectivity index (χ1) is 13.9. The fraction of sp³-hybridized carbons (Fsp3) is 0.500. The van der Waals surface area contributed by atoms with E-state index in [-0.39, 0.29) is 11.9 Å². The monoisotopic (exact) mass is 416 g/mol. The van der Waals surface area contributed by atoms with Crippen molar-refractivity contribution in [3.05, 3.63) is 35.3 Å². The summed E-state index contributed by atoms with van der Waals surface area (Å²) in [5.41, 5.74) is 1.16. The molecule has 3 rings (SSSR count). The minimum Gasteiger partial charge on any atom is -0.368 e. The van der Waals surface area contributed by atoms with Gasteiger partial charge in [-0.15, -0.1) is 10.2 Å². The molecule has 1 fully saturated rings. The molecule has 8 nitrogen and oxygen atoms in total. The highest BCUT2D eigenvalue weighted by molar-refractivity contribution is 7.15. The molecule has 1 atom stereocenters. The summed E-state index contributed by atoms with van der Waals surface area (Å²) in [4.78, 5) is 28.9. The summed E-state index contributed by atoms with van der Waals surface area (Å²) in [5, 5.41) is 15.0. The van der Waals surface area contributed by atoms with E-state index in [1.165, 1.54) is 11.3 Å². The summed E-state index contributed by atoms with van der Waals surface area (Å²) < 4.78 is 0. The first-order valence-electron chi connectivity index (χ1n) is 9.91. The van der Waals surface area contributed by atoms with E-state index in [2.05, 4.69) is 51.7 Å². The second kappa shape index (κ2) is 9.69. The van der Waals surface area contributed by atoms with E-state index in [4.69, 9.17) is 0 Å². The van der Waals surface area contributed by atoms with Crippen LogP contribution in [0, 0.1) is 5.92 Å². The van der Waals surface area contributed by atoms with Gasteiger partial charge >= 0.3 is 6.03 Å². The van der Waals surface area contributed by atoms with Crippen LogP contribution < -0.4 is 15.5 Å². The number of carbonyl (C=O) groups is 2. The van der Waals surface area contributed by atoms with E-state index in [1.807, 2.05) is 18.2 Å². The number of rotatable bonds is 6. The Kier molecular flexibility index (Phi) is 7.03. The summed E-state index contributed by atoms with van der Waals surface area (Å²) >= 11 is 1.37. The Morgan fingerprint density at radius 3 is 2.41 bits per heavy atom. The lowest BCUT2D eigenvalue weighted by Gasteiger charge is -2.36. The molecular weight excluding hydrogens is 388 g/mol. The fourth-order valence-corrected chi connectivity index (χ4v) is 4.05. The molecule has 1 aliphatic heterocycles. The highest BCUT2D eigenvalue weighted by Gasteiger charge is 2.24. The zero-order valence-electron chi connectivity index (χ0n) is 17.1. The van der Waals surface area contributed by atoms with Gasteiger partial charge in [-0.05, 0) is 25.0 Å². The first kappa shape index (κ1) is 21.0. The van der Waals surface area contributed by atoms with Crippen LogP contribution in [0.1, 0.15) is 25.8 Å². The molecule has 0 bridgehead atoms. The van der Waals surface area contributed by atoms with E-state index < -0.39 is 6.04 Å². The molecule has 0 saturated carbocycles. The largest absolute Gasteiger partial charge is 0.368 e. The average Bonchev–Trinajstić information content (AvgIpc) is 3.14. The van der Waals surface area contributed by atoms with Crippen molar-refractivity contribution in [1.82, 2.24) is 20.4 Å². The number of nitrogens with zero attached hydrogens (tertiary/aromatic N) is 4. The normalized spacial score (nSPS) is 15.3. The Bertz CT molecular complexity index is 817. The number of anilines is 2. The number of amides is 3. The number of carbonyl (C=O) groups excluding carboxylic acids is 2. The Balaban J connectivity index is 1.45. The van der Waals surface area contributed by atoms with Crippen LogP contribution in [0.4, 0.5) is 15.6 Å². The maximum Gasteiger partial charge on any atom is 0.318 e. The van der Waals surface area contributed by atoms with Crippen molar-refractivity contribution >= 4 is 34.1 Å². The van der Waals surface area contributed by atoms with Crippen LogP contribution in [0.3, 0.4) is 0 Å². The van der Waals surface area contributed by atoms with E-state index >= 15 is 0 Å². The summed E-state index contributed by atoms with van der Waals surface area (Å²) in [6, 6.07) is 9.28. The number of hydrogen-bond donors (Lipinski definition) is 2. The molecule has 2 heterocycles. The third-order valence-corrected chi connectivity index (χ3v) is 5.56. The van der Waals surface area contributed by atoms with Crippen LogP contribution in [0.5, 0.6) is 0 Å². The van der Waals surface area contributed by atoms with Crippen LogP contribution >= 0.6 is 11.3 Å². The fourth-order valence-electron chi connectivity index (χ4n) is 3.10. The summed E-state index contributed by atoms with van der Waals surface area (Å²) in [5.74, 6) is 0.181. The van der Waals surface area contributed by atoms with Crippen LogP contribution in [-0.4, -0.2) is 59.3 Å². The minimum atomic E-state index is -0.660. The van der Waals surface area contributed by atoms with E-state index in [1.54, 1.807) is 11.8 Å². The minimum absolute atomic E-state index is 0.224. The third-order valence-electron chi connectivity index (χ3n) is 4.70. The van der Waals surface area contributed by atoms with Gasteiger partial charge in [0.05, 0.1) is 0 Å². The second-order valence-corrected chi connectivity index (χ2v) is 8.63. The molecule has 1 aromatic heterocycles. The van der Waals surface area contributed by atoms with E-state index in [0.717, 1.165) is 30.2 Å². The van der Waals surface area contributed by atoms with Crippen molar-refractivity contribution < 1.29 is 9.59 Å². The van der Waals surface area contributed by atoms with Gasteiger partial charge < -0.3 is 15.1 Å². The first-order valence-corrected chi connectivity index (χ1v) is 10.7. The predicted molar refractivity (Wildman–Crippen MR) is 115 cm³/mol. The second-order valence-electron chi connectivity index (χ2n) is 7.57. The average molecular weight is 417 g/mol. The lowest BCUT2D eigenvalue weighted by Crippen LogP contribution is -2.54. The quantitative estimate of drug-likeness (QED) is 0.755. The maximum absolute atomic E-state index is 12.5. The van der Waals surface area contributed by atoms with Crippen LogP contribution in [0.25, 0.3) is 0 Å². The molecule has 0 radical (unpaired) electrons. The van der Waals surface area contributed by atoms with Gasteiger partial charge in [0, 0.05) is 38.3 Å². The molecule has 9 heteroatoms. The number of para-hydroxylation sites is 1. The SMILES string of the molecule is CC(C)Cc1nnc(NC(=O)[C@@H](C)NC(=O)N2CCN(c3ccccc3)CC2)s1. The van der Waals surface area contributed by atoms with Crippen molar-refractivity contribution in [2.45, 2.75) is 33.2 Å². The molecule has 0 aliphatic carbocycles. The Morgan fingerprint density at radius 1 is 1.07 bits per heavy atom. The molecular formula is C20H28N6O2S. The van der Waals surface area contributed by atoms with Gasteiger partial charge in [0.15, 0.2) is 0 Å². The highest BCUT2D eigenvalue weighted by atomic mass is 32.1. The molecule has 0 unspecified atom stereocenters. The smallest absolute Gasteiger partial charge is 0.318 e. The van der Waals surface area contributed by atoms with Crippen LogP contribution in [0.2, 0.25) is 0 Å². The molecule has 2 N–H and O–H groups in total. The number of hydrogen-bond acceptors (Lipinski definition) is 6. The van der Waals surface area contributed by atoms with Crippen LogP contribution in [-0.2, 0) is 11.2 Å². The molecule has 1 saturated heterocycles. The van der Waals surface area contributed by atoms with Gasteiger partial charge in [-0.2, -0.15) is 0 Å². The van der Waals surface area contributed by atoms with E-state index in [9.17, 15) is 9.59 Å². The Labute approximate surface area is 175 Å². The van der Waals surface area contributed by atoms with Crippen molar-refractivity contribution in [1.29, 1.82) is 0 Å². The summed E-state index contributed by atoms with van der Waals surface area (Å²) in [6.45, 7) is 8.65. The molecule has 1 aromatic carbocycles. The Hall–Kier alpha value is -2.68. The van der Waals surface area contributed by atoms with Gasteiger partial charge in [0.1, 0.15) is 11.0 Å². The zero-order chi connectivity index (χ0) is 20.8. The maximum atomic E-state index is 12.5. The van der Waals surface area contributed by atoms with Crippen LogP contribution in [0.15, 0.2) is 30.3 Å². The molecule has 3 amide bonds. The number of benzene rings is 1. The lowest BCUT2D eigenvalue weighted by molar-refractivity contribution is -0.117.